The standard InChI is InChI=1S/Na.H5O3PSi.H/c;1-4(2)3-5;/h;1-2H,5H3;. The predicted octanol–water partition coefficient (Wildman–Crippen LogP) is -2.15. The van der Waals surface area contributed by atoms with Crippen molar-refractivity contribution in [2.45, 2.75) is 0 Å². The Bertz CT molecular complexity index is 24.8. The van der Waals surface area contributed by atoms with Crippen molar-refractivity contribution in [3.05, 3.63) is 0 Å². The summed E-state index contributed by atoms with van der Waals surface area (Å²) in [6.07, 6.45) is 0. The molecule has 6 heavy (non-hydrogen) atoms. The summed E-state index contributed by atoms with van der Waals surface area (Å²) in [5, 5.41) is 0. The molecule has 0 bridgehead atoms. The van der Waals surface area contributed by atoms with E-state index in [0.717, 1.165) is 0 Å². The van der Waals surface area contributed by atoms with Crippen molar-refractivity contribution >= 4 is 48.6 Å². The van der Waals surface area contributed by atoms with E-state index in [9.17, 15) is 0 Å². The first-order valence-corrected chi connectivity index (χ1v) is 2.97. The Kier molecular flexibility index (Phi) is 11.4. The van der Waals surface area contributed by atoms with E-state index in [2.05, 4.69) is 4.21 Å². The second kappa shape index (κ2) is 6.53. The molecule has 34 valence electrons. The van der Waals surface area contributed by atoms with E-state index in [0.29, 0.717) is 10.5 Å². The third-order valence-corrected chi connectivity index (χ3v) is 1.47. The summed E-state index contributed by atoms with van der Waals surface area (Å²) in [5.41, 5.74) is 0. The van der Waals surface area contributed by atoms with Gasteiger partial charge in [0, 0.05) is 0 Å². The third kappa shape index (κ3) is 9.11. The summed E-state index contributed by atoms with van der Waals surface area (Å²) in [5.74, 6) is 0. The minimum atomic E-state index is -2.04. The average molecular weight is 136 g/mol. The molecule has 6 heteroatoms. The number of rotatable bonds is 1. The van der Waals surface area contributed by atoms with Gasteiger partial charge in [-0.15, -0.1) is 0 Å². The summed E-state index contributed by atoms with van der Waals surface area (Å²) >= 11 is 0. The summed E-state index contributed by atoms with van der Waals surface area (Å²) in [6, 6.07) is 0. The normalized spacial score (nSPS) is 8.50. The van der Waals surface area contributed by atoms with Crippen LogP contribution in [0.15, 0.2) is 0 Å². The topological polar surface area (TPSA) is 49.7 Å². The predicted molar refractivity (Wildman–Crippen MR) is 29.5 cm³/mol. The summed E-state index contributed by atoms with van der Waals surface area (Å²) < 4.78 is 4.06. The molecule has 0 aromatic heterocycles. The van der Waals surface area contributed by atoms with Crippen LogP contribution in [0.5, 0.6) is 0 Å². The quantitative estimate of drug-likeness (QED) is 0.319. The van der Waals surface area contributed by atoms with Crippen LogP contribution in [-0.4, -0.2) is 49.8 Å². The molecule has 0 spiro atoms. The Morgan fingerprint density at radius 1 is 1.50 bits per heavy atom. The van der Waals surface area contributed by atoms with E-state index in [4.69, 9.17) is 9.79 Å². The van der Waals surface area contributed by atoms with Gasteiger partial charge in [-0.05, 0) is 0 Å². The first kappa shape index (κ1) is 10.5. The van der Waals surface area contributed by atoms with Crippen molar-refractivity contribution in [2.75, 3.05) is 0 Å². The van der Waals surface area contributed by atoms with Crippen molar-refractivity contribution in [1.29, 1.82) is 0 Å². The molecule has 0 saturated heterocycles. The van der Waals surface area contributed by atoms with E-state index in [1.165, 1.54) is 0 Å². The first-order chi connectivity index (χ1) is 2.27. The van der Waals surface area contributed by atoms with Gasteiger partial charge < -0.3 is 14.0 Å². The van der Waals surface area contributed by atoms with Gasteiger partial charge in [-0.1, -0.05) is 0 Å². The Balaban J connectivity index is 0. The van der Waals surface area contributed by atoms with Crippen LogP contribution in [-0.2, 0) is 4.21 Å². The average Bonchev–Trinajstić information content (AvgIpc) is 1.38. The van der Waals surface area contributed by atoms with E-state index in [1.54, 1.807) is 0 Å². The zero-order valence-corrected chi connectivity index (χ0v) is 5.64. The van der Waals surface area contributed by atoms with E-state index < -0.39 is 8.60 Å². The molecule has 0 aromatic rings. The van der Waals surface area contributed by atoms with Crippen molar-refractivity contribution in [3.63, 3.8) is 0 Å². The van der Waals surface area contributed by atoms with Crippen LogP contribution in [0.2, 0.25) is 0 Å². The van der Waals surface area contributed by atoms with Crippen molar-refractivity contribution in [2.24, 2.45) is 0 Å². The van der Waals surface area contributed by atoms with Gasteiger partial charge in [-0.3, -0.25) is 0 Å². The monoisotopic (exact) mass is 136 g/mol. The van der Waals surface area contributed by atoms with Gasteiger partial charge in [0.05, 0.1) is 0 Å². The molecule has 0 aliphatic rings. The molecule has 0 saturated carbocycles. The molecule has 2 N–H and O–H groups in total. The zero-order chi connectivity index (χ0) is 4.28. The summed E-state index contributed by atoms with van der Waals surface area (Å²) in [6.45, 7) is 0. The van der Waals surface area contributed by atoms with Crippen LogP contribution in [0, 0.1) is 0 Å². The molecular weight excluding hydrogens is 130 g/mol. The first-order valence-electron chi connectivity index (χ1n) is 0.991. The second-order valence-corrected chi connectivity index (χ2v) is 2.40. The Morgan fingerprint density at radius 3 is 1.67 bits per heavy atom. The van der Waals surface area contributed by atoms with Crippen molar-refractivity contribution in [3.8, 4) is 0 Å². The SMILES string of the molecule is OP(O)O[SiH3].[NaH]. The van der Waals surface area contributed by atoms with Crippen molar-refractivity contribution < 1.29 is 14.0 Å². The molecule has 0 fully saturated rings. The fourth-order valence-corrected chi connectivity index (χ4v) is 0. The second-order valence-electron chi connectivity index (χ2n) is 0.435. The number of hydrogen-bond donors (Lipinski definition) is 2. The summed E-state index contributed by atoms with van der Waals surface area (Å²) in [7, 11) is -1.63. The van der Waals surface area contributed by atoms with Crippen LogP contribution in [0.25, 0.3) is 0 Å². The zero-order valence-electron chi connectivity index (χ0n) is 2.75. The summed E-state index contributed by atoms with van der Waals surface area (Å²) in [4.78, 5) is 15.6. The van der Waals surface area contributed by atoms with Crippen LogP contribution in [0.1, 0.15) is 0 Å². The Hall–Kier alpha value is 1.53. The van der Waals surface area contributed by atoms with Gasteiger partial charge in [0.15, 0.2) is 10.5 Å². The molecule has 0 aliphatic heterocycles. The Labute approximate surface area is 62.5 Å². The molecule has 3 nitrogen and oxygen atoms in total. The molecule has 0 atom stereocenters. The van der Waals surface area contributed by atoms with Crippen LogP contribution in [0.4, 0.5) is 0 Å². The van der Waals surface area contributed by atoms with Crippen LogP contribution >= 0.6 is 8.60 Å². The molecule has 0 radical (unpaired) electrons. The Morgan fingerprint density at radius 2 is 1.67 bits per heavy atom. The van der Waals surface area contributed by atoms with E-state index in [-0.39, 0.29) is 29.6 Å². The molecule has 0 aliphatic carbocycles. The molecule has 0 rings (SSSR count). The van der Waals surface area contributed by atoms with Gasteiger partial charge in [0.2, 0.25) is 0 Å². The maximum absolute atomic E-state index is 7.79. The molecule has 0 unspecified atom stereocenters. The van der Waals surface area contributed by atoms with Crippen molar-refractivity contribution in [1.82, 2.24) is 0 Å². The van der Waals surface area contributed by atoms with E-state index >= 15 is 0 Å². The molecular formula is H6NaO3PSi. The van der Waals surface area contributed by atoms with Crippen LogP contribution in [0.3, 0.4) is 0 Å². The van der Waals surface area contributed by atoms with Gasteiger partial charge in [0.25, 0.3) is 0 Å². The number of hydrogen-bond acceptors (Lipinski definition) is 3. The third-order valence-electron chi connectivity index (χ3n) is 0.163. The van der Waals surface area contributed by atoms with Gasteiger partial charge >= 0.3 is 38.2 Å². The minimum absolute atomic E-state index is 0. The van der Waals surface area contributed by atoms with Gasteiger partial charge in [-0.2, -0.15) is 0 Å². The fourth-order valence-electron chi connectivity index (χ4n) is 0. The maximum atomic E-state index is 7.79. The van der Waals surface area contributed by atoms with E-state index in [1.807, 2.05) is 0 Å². The molecule has 0 amide bonds. The van der Waals surface area contributed by atoms with Gasteiger partial charge in [-0.25, -0.2) is 0 Å². The molecule has 0 heterocycles. The molecule has 0 aromatic carbocycles. The van der Waals surface area contributed by atoms with Gasteiger partial charge in [0.1, 0.15) is 0 Å². The fraction of sp³-hybridized carbons (Fsp3) is 0. The van der Waals surface area contributed by atoms with Crippen LogP contribution < -0.4 is 0 Å².